The Morgan fingerprint density at radius 3 is 2.75 bits per heavy atom. The lowest BCUT2D eigenvalue weighted by atomic mass is 10.4. The normalized spacial score (nSPS) is 8.75. The molecule has 0 rings (SSSR count). The van der Waals surface area contributed by atoms with Crippen molar-refractivity contribution in [3.8, 4) is 0 Å². The third-order valence-corrected chi connectivity index (χ3v) is 0.694. The molecule has 0 aromatic carbocycles. The van der Waals surface area contributed by atoms with E-state index in [1.807, 2.05) is 0 Å². The number of rotatable bonds is 3. The van der Waals surface area contributed by atoms with Crippen molar-refractivity contribution in [2.45, 2.75) is 6.42 Å². The number of carbonyl (C=O) groups excluding carboxylic acids is 1. The topological polar surface area (TPSA) is 55.1 Å². The number of nitrogens with two attached hydrogens (primary N) is 1. The zero-order valence-electron chi connectivity index (χ0n) is 4.81. The summed E-state index contributed by atoms with van der Waals surface area (Å²) < 4.78 is 0. The molecule has 0 aromatic rings. The van der Waals surface area contributed by atoms with Gasteiger partial charge in [0, 0.05) is 19.5 Å². The van der Waals surface area contributed by atoms with Crippen molar-refractivity contribution in [1.82, 2.24) is 5.32 Å². The Balaban J connectivity index is 2.99. The standard InChI is InChI=1S/C5H11N2O/c1-2-5(8)7-4-3-6/h1-4,6H2,(H,7,8). The van der Waals surface area contributed by atoms with E-state index in [4.69, 9.17) is 5.73 Å². The maximum Gasteiger partial charge on any atom is 0.220 e. The molecular weight excluding hydrogens is 104 g/mol. The molecule has 0 heterocycles. The second kappa shape index (κ2) is 4.59. The Morgan fingerprint density at radius 2 is 2.38 bits per heavy atom. The minimum Gasteiger partial charge on any atom is -0.355 e. The van der Waals surface area contributed by atoms with Crippen molar-refractivity contribution in [3.05, 3.63) is 6.92 Å². The van der Waals surface area contributed by atoms with Gasteiger partial charge in [-0.25, -0.2) is 0 Å². The number of nitrogens with one attached hydrogen (secondary N) is 1. The molecule has 0 aliphatic carbocycles. The van der Waals surface area contributed by atoms with Crippen LogP contribution in [0.15, 0.2) is 0 Å². The van der Waals surface area contributed by atoms with Gasteiger partial charge < -0.3 is 11.1 Å². The summed E-state index contributed by atoms with van der Waals surface area (Å²) in [6.07, 6.45) is 0.292. The predicted molar refractivity (Wildman–Crippen MR) is 32.0 cm³/mol. The van der Waals surface area contributed by atoms with Gasteiger partial charge in [0.05, 0.1) is 0 Å². The number of carbonyl (C=O) groups is 1. The SMILES string of the molecule is [CH2]CC(=O)NCCN. The molecule has 0 atom stereocenters. The second-order valence-electron chi connectivity index (χ2n) is 1.39. The molecule has 3 N–H and O–H groups in total. The predicted octanol–water partition coefficient (Wildman–Crippen LogP) is -0.715. The van der Waals surface area contributed by atoms with Crippen LogP contribution >= 0.6 is 0 Å². The van der Waals surface area contributed by atoms with Gasteiger partial charge in [-0.1, -0.05) is 0 Å². The molecule has 1 amide bonds. The smallest absolute Gasteiger partial charge is 0.220 e. The summed E-state index contributed by atoms with van der Waals surface area (Å²) in [6.45, 7) is 4.43. The average molecular weight is 115 g/mol. The van der Waals surface area contributed by atoms with Crippen LogP contribution in [0.3, 0.4) is 0 Å². The first-order chi connectivity index (χ1) is 3.81. The maximum atomic E-state index is 10.3. The fraction of sp³-hybridized carbons (Fsp3) is 0.600. The Hall–Kier alpha value is -0.570. The first-order valence-electron chi connectivity index (χ1n) is 2.57. The largest absolute Gasteiger partial charge is 0.355 e. The summed E-state index contributed by atoms with van der Waals surface area (Å²) in [5, 5.41) is 2.56. The van der Waals surface area contributed by atoms with Crippen molar-refractivity contribution in [2.75, 3.05) is 13.1 Å². The van der Waals surface area contributed by atoms with E-state index in [0.29, 0.717) is 19.5 Å². The van der Waals surface area contributed by atoms with E-state index in [0.717, 1.165) is 0 Å². The Labute approximate surface area is 49.3 Å². The summed E-state index contributed by atoms with van der Waals surface area (Å²) in [4.78, 5) is 10.3. The third-order valence-electron chi connectivity index (χ3n) is 0.694. The summed E-state index contributed by atoms with van der Waals surface area (Å²) in [5.41, 5.74) is 5.10. The van der Waals surface area contributed by atoms with Crippen molar-refractivity contribution in [1.29, 1.82) is 0 Å². The molecule has 8 heavy (non-hydrogen) atoms. The molecule has 0 aliphatic heterocycles. The first kappa shape index (κ1) is 7.43. The lowest BCUT2D eigenvalue weighted by molar-refractivity contribution is -0.120. The summed E-state index contributed by atoms with van der Waals surface area (Å²) in [7, 11) is 0. The molecular formula is C5H11N2O. The molecule has 1 radical (unpaired) electrons. The molecule has 0 bridgehead atoms. The van der Waals surface area contributed by atoms with E-state index in [9.17, 15) is 4.79 Å². The highest BCUT2D eigenvalue weighted by Gasteiger charge is 1.90. The van der Waals surface area contributed by atoms with E-state index in [1.54, 1.807) is 0 Å². The first-order valence-corrected chi connectivity index (χ1v) is 2.57. The van der Waals surface area contributed by atoms with E-state index in [2.05, 4.69) is 12.2 Å². The van der Waals surface area contributed by atoms with Crippen molar-refractivity contribution >= 4 is 5.91 Å². The molecule has 0 spiro atoms. The number of hydrogen-bond acceptors (Lipinski definition) is 2. The summed E-state index contributed by atoms with van der Waals surface area (Å²) >= 11 is 0. The maximum absolute atomic E-state index is 10.3. The fourth-order valence-electron chi connectivity index (χ4n) is 0.300. The Bertz CT molecular complexity index is 72.8. The molecule has 0 aliphatic rings. The van der Waals surface area contributed by atoms with Gasteiger partial charge in [-0.05, 0) is 6.92 Å². The highest BCUT2D eigenvalue weighted by Crippen LogP contribution is 1.70. The van der Waals surface area contributed by atoms with Crippen molar-refractivity contribution < 1.29 is 4.79 Å². The van der Waals surface area contributed by atoms with Gasteiger partial charge in [-0.3, -0.25) is 4.79 Å². The quantitative estimate of drug-likeness (QED) is 0.510. The zero-order chi connectivity index (χ0) is 6.41. The second-order valence-corrected chi connectivity index (χ2v) is 1.39. The average Bonchev–Trinajstić information content (AvgIpc) is 1.83. The van der Waals surface area contributed by atoms with Gasteiger partial charge in [0.1, 0.15) is 0 Å². The van der Waals surface area contributed by atoms with E-state index < -0.39 is 0 Å². The van der Waals surface area contributed by atoms with Gasteiger partial charge in [0.15, 0.2) is 0 Å². The van der Waals surface area contributed by atoms with Gasteiger partial charge >= 0.3 is 0 Å². The van der Waals surface area contributed by atoms with Crippen LogP contribution in [0.25, 0.3) is 0 Å². The van der Waals surface area contributed by atoms with E-state index in [1.165, 1.54) is 0 Å². The van der Waals surface area contributed by atoms with Gasteiger partial charge in [0.2, 0.25) is 5.91 Å². The van der Waals surface area contributed by atoms with Crippen LogP contribution in [-0.4, -0.2) is 19.0 Å². The Kier molecular flexibility index (Phi) is 4.26. The Morgan fingerprint density at radius 1 is 1.75 bits per heavy atom. The lowest BCUT2D eigenvalue weighted by Gasteiger charge is -1.97. The summed E-state index contributed by atoms with van der Waals surface area (Å²) in [5.74, 6) is -0.0459. The van der Waals surface area contributed by atoms with Crippen LogP contribution in [0, 0.1) is 6.92 Å². The third kappa shape index (κ3) is 3.61. The highest BCUT2D eigenvalue weighted by atomic mass is 16.1. The molecule has 0 saturated carbocycles. The molecule has 47 valence electrons. The van der Waals surface area contributed by atoms with E-state index >= 15 is 0 Å². The monoisotopic (exact) mass is 115 g/mol. The molecule has 0 saturated heterocycles. The van der Waals surface area contributed by atoms with Crippen LogP contribution in [0.4, 0.5) is 0 Å². The molecule has 0 aromatic heterocycles. The minimum absolute atomic E-state index is 0.0459. The van der Waals surface area contributed by atoms with Crippen LogP contribution in [0.1, 0.15) is 6.42 Å². The molecule has 3 heteroatoms. The van der Waals surface area contributed by atoms with Crippen LogP contribution < -0.4 is 11.1 Å². The van der Waals surface area contributed by atoms with Crippen LogP contribution in [-0.2, 0) is 4.79 Å². The van der Waals surface area contributed by atoms with Crippen LogP contribution in [0.2, 0.25) is 0 Å². The van der Waals surface area contributed by atoms with Crippen molar-refractivity contribution in [3.63, 3.8) is 0 Å². The number of amides is 1. The fourth-order valence-corrected chi connectivity index (χ4v) is 0.300. The summed E-state index contributed by atoms with van der Waals surface area (Å²) in [6, 6.07) is 0. The number of hydrogen-bond donors (Lipinski definition) is 2. The van der Waals surface area contributed by atoms with Gasteiger partial charge in [-0.15, -0.1) is 0 Å². The minimum atomic E-state index is -0.0459. The zero-order valence-corrected chi connectivity index (χ0v) is 4.81. The van der Waals surface area contributed by atoms with E-state index in [-0.39, 0.29) is 5.91 Å². The van der Waals surface area contributed by atoms with Gasteiger partial charge in [0.25, 0.3) is 0 Å². The molecule has 0 fully saturated rings. The molecule has 3 nitrogen and oxygen atoms in total. The lowest BCUT2D eigenvalue weighted by Crippen LogP contribution is -2.28. The molecule has 0 unspecified atom stereocenters. The van der Waals surface area contributed by atoms with Gasteiger partial charge in [-0.2, -0.15) is 0 Å². The van der Waals surface area contributed by atoms with Crippen molar-refractivity contribution in [2.24, 2.45) is 5.73 Å². The highest BCUT2D eigenvalue weighted by molar-refractivity contribution is 5.76. The van der Waals surface area contributed by atoms with Crippen LogP contribution in [0.5, 0.6) is 0 Å².